The Balaban J connectivity index is 1.55. The Labute approximate surface area is 187 Å². The lowest BCUT2D eigenvalue weighted by Crippen LogP contribution is -2.21. The summed E-state index contributed by atoms with van der Waals surface area (Å²) in [4.78, 5) is 10.4. The highest BCUT2D eigenvalue weighted by Gasteiger charge is 2.38. The van der Waals surface area contributed by atoms with Crippen LogP contribution in [0, 0.1) is 28.4 Å². The first-order chi connectivity index (χ1) is 16.0. The van der Waals surface area contributed by atoms with Gasteiger partial charge in [0.25, 0.3) is 0 Å². The van der Waals surface area contributed by atoms with Gasteiger partial charge in [0.05, 0.1) is 34.3 Å². The zero-order valence-electron chi connectivity index (χ0n) is 17.4. The predicted molar refractivity (Wildman–Crippen MR) is 114 cm³/mol. The predicted octanol–water partition coefficient (Wildman–Crippen LogP) is 3.14. The summed E-state index contributed by atoms with van der Waals surface area (Å²) in [5.41, 5.74) is 8.36. The van der Waals surface area contributed by atoms with E-state index in [0.717, 1.165) is 5.69 Å². The van der Waals surface area contributed by atoms with Gasteiger partial charge in [0.15, 0.2) is 0 Å². The molecule has 1 atom stereocenters. The number of benzene rings is 1. The SMILES string of the molecule is Cc1nn(-c2ccccc2)c2c1C(c1ccc(Cn3cc([N+](=O)[O-])cn3)o1)C(C#N)=C(N)O2. The molecule has 3 aromatic heterocycles. The lowest BCUT2D eigenvalue weighted by atomic mass is 9.88. The minimum absolute atomic E-state index is 0.0206. The summed E-state index contributed by atoms with van der Waals surface area (Å²) in [6, 6.07) is 15.1. The molecular formula is C22H17N7O4. The Morgan fingerprint density at radius 2 is 2.06 bits per heavy atom. The first-order valence-electron chi connectivity index (χ1n) is 9.94. The molecule has 4 aromatic rings. The molecule has 0 aliphatic carbocycles. The second-order valence-corrected chi connectivity index (χ2v) is 7.43. The molecule has 11 heteroatoms. The number of furan rings is 1. The summed E-state index contributed by atoms with van der Waals surface area (Å²) in [6.07, 6.45) is 2.49. The number of para-hydroxylation sites is 1. The van der Waals surface area contributed by atoms with Gasteiger partial charge in [0.2, 0.25) is 11.8 Å². The van der Waals surface area contributed by atoms with E-state index in [9.17, 15) is 15.4 Å². The van der Waals surface area contributed by atoms with E-state index < -0.39 is 10.8 Å². The summed E-state index contributed by atoms with van der Waals surface area (Å²) in [7, 11) is 0. The molecule has 2 N–H and O–H groups in total. The van der Waals surface area contributed by atoms with Gasteiger partial charge in [-0.05, 0) is 31.2 Å². The molecule has 0 bridgehead atoms. The Morgan fingerprint density at radius 1 is 1.27 bits per heavy atom. The van der Waals surface area contributed by atoms with Crippen molar-refractivity contribution in [3.05, 3.63) is 99.2 Å². The molecule has 1 aliphatic heterocycles. The average Bonchev–Trinajstić information content (AvgIpc) is 3.53. The van der Waals surface area contributed by atoms with Crippen LogP contribution < -0.4 is 10.5 Å². The summed E-state index contributed by atoms with van der Waals surface area (Å²) in [6.45, 7) is 2.02. The molecule has 4 heterocycles. The van der Waals surface area contributed by atoms with Gasteiger partial charge >= 0.3 is 5.69 Å². The Kier molecular flexibility index (Phi) is 4.68. The fourth-order valence-electron chi connectivity index (χ4n) is 3.87. The minimum Gasteiger partial charge on any atom is -0.463 e. The van der Waals surface area contributed by atoms with Crippen molar-refractivity contribution >= 4 is 5.69 Å². The van der Waals surface area contributed by atoms with Crippen molar-refractivity contribution in [1.82, 2.24) is 19.6 Å². The molecule has 1 aliphatic rings. The second kappa shape index (κ2) is 7.69. The maximum Gasteiger partial charge on any atom is 0.307 e. The van der Waals surface area contributed by atoms with Crippen molar-refractivity contribution in [1.29, 1.82) is 5.26 Å². The van der Waals surface area contributed by atoms with E-state index >= 15 is 0 Å². The number of ether oxygens (including phenoxy) is 1. The fraction of sp³-hybridized carbons (Fsp3) is 0.136. The van der Waals surface area contributed by atoms with Crippen LogP contribution in [0.4, 0.5) is 5.69 Å². The molecule has 1 aromatic carbocycles. The van der Waals surface area contributed by atoms with Crippen molar-refractivity contribution in [2.24, 2.45) is 5.73 Å². The van der Waals surface area contributed by atoms with Gasteiger partial charge in [-0.15, -0.1) is 0 Å². The van der Waals surface area contributed by atoms with Crippen LogP contribution in [-0.2, 0) is 6.54 Å². The number of nitrogens with two attached hydrogens (primary N) is 1. The van der Waals surface area contributed by atoms with E-state index in [-0.39, 0.29) is 23.7 Å². The number of nitrogens with zero attached hydrogens (tertiary/aromatic N) is 6. The van der Waals surface area contributed by atoms with Gasteiger partial charge in [-0.25, -0.2) is 4.68 Å². The highest BCUT2D eigenvalue weighted by atomic mass is 16.6. The van der Waals surface area contributed by atoms with Crippen molar-refractivity contribution < 1.29 is 14.1 Å². The highest BCUT2D eigenvalue weighted by Crippen LogP contribution is 2.45. The quantitative estimate of drug-likeness (QED) is 0.365. The van der Waals surface area contributed by atoms with E-state index in [4.69, 9.17) is 14.9 Å². The third-order valence-corrected chi connectivity index (χ3v) is 5.35. The van der Waals surface area contributed by atoms with Crippen LogP contribution in [0.2, 0.25) is 0 Å². The molecule has 0 spiro atoms. The maximum absolute atomic E-state index is 10.9. The summed E-state index contributed by atoms with van der Waals surface area (Å²) < 4.78 is 14.9. The molecule has 11 nitrogen and oxygen atoms in total. The number of nitriles is 1. The van der Waals surface area contributed by atoms with Crippen LogP contribution in [0.5, 0.6) is 5.88 Å². The lowest BCUT2D eigenvalue weighted by Gasteiger charge is -2.23. The molecular weight excluding hydrogens is 426 g/mol. The minimum atomic E-state index is -0.614. The second-order valence-electron chi connectivity index (χ2n) is 7.43. The topological polar surface area (TPSA) is 151 Å². The maximum atomic E-state index is 10.9. The van der Waals surface area contributed by atoms with Crippen molar-refractivity contribution in [3.8, 4) is 17.6 Å². The number of aromatic nitrogens is 4. The van der Waals surface area contributed by atoms with E-state index in [1.807, 2.05) is 37.3 Å². The third kappa shape index (κ3) is 3.39. The zero-order valence-corrected chi connectivity index (χ0v) is 17.4. The first-order valence-corrected chi connectivity index (χ1v) is 9.94. The number of nitro groups is 1. The van der Waals surface area contributed by atoms with Crippen molar-refractivity contribution in [2.45, 2.75) is 19.4 Å². The molecule has 0 saturated heterocycles. The number of allylic oxidation sites excluding steroid dienone is 1. The van der Waals surface area contributed by atoms with Crippen LogP contribution in [0.1, 0.15) is 28.7 Å². The molecule has 0 amide bonds. The number of aryl methyl sites for hydroxylation is 1. The number of hydrogen-bond donors (Lipinski definition) is 1. The fourth-order valence-corrected chi connectivity index (χ4v) is 3.87. The molecule has 5 rings (SSSR count). The van der Waals surface area contributed by atoms with E-state index in [0.29, 0.717) is 28.7 Å². The van der Waals surface area contributed by atoms with Crippen molar-refractivity contribution in [3.63, 3.8) is 0 Å². The van der Waals surface area contributed by atoms with Crippen LogP contribution in [0.3, 0.4) is 0 Å². The van der Waals surface area contributed by atoms with Gasteiger partial charge in [-0.3, -0.25) is 14.8 Å². The van der Waals surface area contributed by atoms with Gasteiger partial charge in [-0.2, -0.15) is 15.5 Å². The van der Waals surface area contributed by atoms with Gasteiger partial charge in [-0.1, -0.05) is 18.2 Å². The van der Waals surface area contributed by atoms with Gasteiger partial charge < -0.3 is 14.9 Å². The molecule has 0 fully saturated rings. The molecule has 33 heavy (non-hydrogen) atoms. The molecule has 1 unspecified atom stereocenters. The summed E-state index contributed by atoms with van der Waals surface area (Å²) >= 11 is 0. The number of hydrogen-bond acceptors (Lipinski definition) is 8. The molecule has 0 saturated carbocycles. The number of fused-ring (bicyclic) bond motifs is 1. The summed E-state index contributed by atoms with van der Waals surface area (Å²) in [5.74, 6) is 0.775. The lowest BCUT2D eigenvalue weighted by molar-refractivity contribution is -0.385. The molecule has 0 radical (unpaired) electrons. The third-order valence-electron chi connectivity index (χ3n) is 5.35. The highest BCUT2D eigenvalue weighted by molar-refractivity contribution is 5.55. The number of rotatable bonds is 5. The zero-order chi connectivity index (χ0) is 23.1. The normalized spacial score (nSPS) is 15.1. The van der Waals surface area contributed by atoms with E-state index in [1.165, 1.54) is 17.1 Å². The smallest absolute Gasteiger partial charge is 0.307 e. The van der Waals surface area contributed by atoms with Crippen LogP contribution in [-0.4, -0.2) is 24.5 Å². The van der Waals surface area contributed by atoms with Crippen LogP contribution in [0.15, 0.2) is 70.7 Å². The van der Waals surface area contributed by atoms with Gasteiger partial charge in [0.1, 0.15) is 35.6 Å². The first kappa shape index (κ1) is 20.1. The standard InChI is InChI=1S/C22H17N7O4/c1-13-19-20(18-8-7-16(32-18)12-27-11-15(10-25-27)29(30)31)17(9-23)21(24)33-22(19)28(26-13)14-5-3-2-4-6-14/h2-8,10-11,20H,12,24H2,1H3. The Morgan fingerprint density at radius 3 is 2.76 bits per heavy atom. The molecule has 164 valence electrons. The average molecular weight is 443 g/mol. The van der Waals surface area contributed by atoms with E-state index in [1.54, 1.807) is 16.8 Å². The van der Waals surface area contributed by atoms with E-state index in [2.05, 4.69) is 16.3 Å². The van der Waals surface area contributed by atoms with Crippen LogP contribution >= 0.6 is 0 Å². The largest absolute Gasteiger partial charge is 0.463 e. The Hall–Kier alpha value is -4.85. The summed E-state index contributed by atoms with van der Waals surface area (Å²) in [5, 5.41) is 29.3. The van der Waals surface area contributed by atoms with Gasteiger partial charge in [0, 0.05) is 0 Å². The van der Waals surface area contributed by atoms with Crippen molar-refractivity contribution in [2.75, 3.05) is 0 Å². The Bertz CT molecular complexity index is 1440. The van der Waals surface area contributed by atoms with Crippen LogP contribution in [0.25, 0.3) is 5.69 Å². The monoisotopic (exact) mass is 443 g/mol.